The molecule has 0 bridgehead atoms. The highest BCUT2D eigenvalue weighted by molar-refractivity contribution is 6.31. The van der Waals surface area contributed by atoms with Gasteiger partial charge in [-0.15, -0.1) is 0 Å². The van der Waals surface area contributed by atoms with Gasteiger partial charge in [0.05, 0.1) is 0 Å². The smallest absolute Gasteiger partial charge is 0.126 e. The molecule has 1 aliphatic heterocycles. The summed E-state index contributed by atoms with van der Waals surface area (Å²) in [6.45, 7) is 4.54. The van der Waals surface area contributed by atoms with E-state index in [1.807, 2.05) is 0 Å². The Kier molecular flexibility index (Phi) is 4.60. The molecule has 1 atom stereocenters. The molecule has 1 aromatic carbocycles. The second kappa shape index (κ2) is 6.00. The average molecular weight is 271 g/mol. The first-order valence-corrected chi connectivity index (χ1v) is 6.81. The van der Waals surface area contributed by atoms with Crippen molar-refractivity contribution in [3.8, 4) is 0 Å². The zero-order valence-corrected chi connectivity index (χ0v) is 11.7. The predicted molar refractivity (Wildman–Crippen MR) is 73.5 cm³/mol. The molecular formula is C14H20ClFN2. The third kappa shape index (κ3) is 3.22. The van der Waals surface area contributed by atoms with E-state index in [-0.39, 0.29) is 5.82 Å². The van der Waals surface area contributed by atoms with Gasteiger partial charge in [-0.3, -0.25) is 4.90 Å². The van der Waals surface area contributed by atoms with Gasteiger partial charge in [0.2, 0.25) is 0 Å². The number of halogens is 2. The number of likely N-dealkylation sites (N-methyl/N-ethyl adjacent to an activating group) is 1. The van der Waals surface area contributed by atoms with Crippen LogP contribution in [0.1, 0.15) is 24.0 Å². The number of hydrogen-bond donors (Lipinski definition) is 1. The van der Waals surface area contributed by atoms with Crippen molar-refractivity contribution in [2.75, 3.05) is 20.1 Å². The molecular weight excluding hydrogens is 251 g/mol. The van der Waals surface area contributed by atoms with Gasteiger partial charge < -0.3 is 5.32 Å². The molecule has 1 fully saturated rings. The zero-order valence-electron chi connectivity index (χ0n) is 11.0. The maximum atomic E-state index is 13.6. The molecule has 0 aromatic heterocycles. The third-order valence-corrected chi connectivity index (χ3v) is 3.99. The Hall–Kier alpha value is -0.640. The summed E-state index contributed by atoms with van der Waals surface area (Å²) in [6, 6.07) is 3.78. The molecule has 100 valence electrons. The molecule has 0 amide bonds. The molecule has 1 N–H and O–H groups in total. The number of benzene rings is 1. The first kappa shape index (κ1) is 13.8. The SMILES string of the molecule is Cc1cc(Cl)c(CN(C)C2CCCNC2)cc1F. The van der Waals surface area contributed by atoms with Crippen LogP contribution in [0.2, 0.25) is 5.02 Å². The van der Waals surface area contributed by atoms with Crippen LogP contribution in [0.5, 0.6) is 0 Å². The van der Waals surface area contributed by atoms with Crippen LogP contribution in [0.3, 0.4) is 0 Å². The summed E-state index contributed by atoms with van der Waals surface area (Å²) < 4.78 is 13.6. The number of hydrogen-bond acceptors (Lipinski definition) is 2. The normalized spacial score (nSPS) is 20.4. The number of nitrogens with zero attached hydrogens (tertiary/aromatic N) is 1. The highest BCUT2D eigenvalue weighted by Gasteiger charge is 2.18. The lowest BCUT2D eigenvalue weighted by Gasteiger charge is -2.32. The summed E-state index contributed by atoms with van der Waals surface area (Å²) in [7, 11) is 2.08. The summed E-state index contributed by atoms with van der Waals surface area (Å²) in [5.41, 5.74) is 1.47. The number of piperidine rings is 1. The van der Waals surface area contributed by atoms with E-state index in [1.54, 1.807) is 19.1 Å². The first-order chi connectivity index (χ1) is 8.58. The average Bonchev–Trinajstić information content (AvgIpc) is 2.37. The maximum absolute atomic E-state index is 13.6. The van der Waals surface area contributed by atoms with Gasteiger partial charge in [0.25, 0.3) is 0 Å². The van der Waals surface area contributed by atoms with Crippen molar-refractivity contribution < 1.29 is 4.39 Å². The van der Waals surface area contributed by atoms with Crippen LogP contribution in [-0.2, 0) is 6.54 Å². The van der Waals surface area contributed by atoms with Gasteiger partial charge in [-0.25, -0.2) is 4.39 Å². The van der Waals surface area contributed by atoms with E-state index in [0.29, 0.717) is 23.2 Å². The minimum atomic E-state index is -0.176. The molecule has 1 unspecified atom stereocenters. The predicted octanol–water partition coefficient (Wildman–Crippen LogP) is 2.97. The van der Waals surface area contributed by atoms with Crippen molar-refractivity contribution >= 4 is 11.6 Å². The molecule has 0 aliphatic carbocycles. The van der Waals surface area contributed by atoms with Crippen LogP contribution in [0.4, 0.5) is 4.39 Å². The van der Waals surface area contributed by atoms with Crippen LogP contribution in [0.15, 0.2) is 12.1 Å². The monoisotopic (exact) mass is 270 g/mol. The lowest BCUT2D eigenvalue weighted by Crippen LogP contribution is -2.43. The Bertz CT molecular complexity index is 417. The van der Waals surface area contributed by atoms with Gasteiger partial charge in [0.15, 0.2) is 0 Å². The largest absolute Gasteiger partial charge is 0.315 e. The second-order valence-electron chi connectivity index (χ2n) is 5.11. The Labute approximate surface area is 113 Å². The summed E-state index contributed by atoms with van der Waals surface area (Å²) in [4.78, 5) is 2.25. The summed E-state index contributed by atoms with van der Waals surface area (Å²) in [6.07, 6.45) is 2.39. The van der Waals surface area contributed by atoms with Crippen LogP contribution in [0.25, 0.3) is 0 Å². The highest BCUT2D eigenvalue weighted by atomic mass is 35.5. The summed E-state index contributed by atoms with van der Waals surface area (Å²) in [5, 5.41) is 4.04. The van der Waals surface area contributed by atoms with E-state index >= 15 is 0 Å². The molecule has 0 saturated carbocycles. The standard InChI is InChI=1S/C14H20ClFN2/c1-10-6-13(15)11(7-14(10)16)9-18(2)12-4-3-5-17-8-12/h6-7,12,17H,3-5,8-9H2,1-2H3. The van der Waals surface area contributed by atoms with E-state index in [1.165, 1.54) is 12.8 Å². The molecule has 1 saturated heterocycles. The Balaban J connectivity index is 2.06. The molecule has 4 heteroatoms. The van der Waals surface area contributed by atoms with Crippen molar-refractivity contribution in [1.29, 1.82) is 0 Å². The van der Waals surface area contributed by atoms with E-state index in [0.717, 1.165) is 18.7 Å². The summed E-state index contributed by atoms with van der Waals surface area (Å²) >= 11 is 6.18. The maximum Gasteiger partial charge on any atom is 0.126 e. The lowest BCUT2D eigenvalue weighted by molar-refractivity contribution is 0.195. The van der Waals surface area contributed by atoms with Crippen LogP contribution in [-0.4, -0.2) is 31.1 Å². The van der Waals surface area contributed by atoms with Gasteiger partial charge in [0, 0.05) is 24.2 Å². The van der Waals surface area contributed by atoms with Crippen molar-refractivity contribution in [1.82, 2.24) is 10.2 Å². The number of rotatable bonds is 3. The van der Waals surface area contributed by atoms with Crippen LogP contribution in [0, 0.1) is 12.7 Å². The first-order valence-electron chi connectivity index (χ1n) is 6.43. The molecule has 1 aromatic rings. The molecule has 2 rings (SSSR count). The quantitative estimate of drug-likeness (QED) is 0.908. The Morgan fingerprint density at radius 2 is 2.28 bits per heavy atom. The van der Waals surface area contributed by atoms with Crippen LogP contribution < -0.4 is 5.32 Å². The molecule has 1 heterocycles. The van der Waals surface area contributed by atoms with Crippen molar-refractivity contribution in [3.05, 3.63) is 34.1 Å². The van der Waals surface area contributed by atoms with Gasteiger partial charge in [-0.05, 0) is 56.6 Å². The minimum absolute atomic E-state index is 0.176. The molecule has 2 nitrogen and oxygen atoms in total. The van der Waals surface area contributed by atoms with E-state index in [9.17, 15) is 4.39 Å². The van der Waals surface area contributed by atoms with E-state index in [2.05, 4.69) is 17.3 Å². The van der Waals surface area contributed by atoms with Crippen LogP contribution >= 0.6 is 11.6 Å². The third-order valence-electron chi connectivity index (χ3n) is 3.64. The molecule has 18 heavy (non-hydrogen) atoms. The second-order valence-corrected chi connectivity index (χ2v) is 5.52. The number of aryl methyl sites for hydroxylation is 1. The van der Waals surface area contributed by atoms with Gasteiger partial charge in [-0.1, -0.05) is 11.6 Å². The van der Waals surface area contributed by atoms with E-state index < -0.39 is 0 Å². The fourth-order valence-electron chi connectivity index (χ4n) is 2.42. The van der Waals surface area contributed by atoms with Gasteiger partial charge >= 0.3 is 0 Å². The van der Waals surface area contributed by atoms with Gasteiger partial charge in [0.1, 0.15) is 5.82 Å². The van der Waals surface area contributed by atoms with Crippen molar-refractivity contribution in [2.45, 2.75) is 32.4 Å². The fraction of sp³-hybridized carbons (Fsp3) is 0.571. The fourth-order valence-corrected chi connectivity index (χ4v) is 2.69. The zero-order chi connectivity index (χ0) is 13.1. The molecule has 0 radical (unpaired) electrons. The lowest BCUT2D eigenvalue weighted by atomic mass is 10.0. The van der Waals surface area contributed by atoms with E-state index in [4.69, 9.17) is 11.6 Å². The number of nitrogens with one attached hydrogen (secondary N) is 1. The Morgan fingerprint density at radius 1 is 1.50 bits per heavy atom. The summed E-state index contributed by atoms with van der Waals surface area (Å²) in [5.74, 6) is -0.176. The minimum Gasteiger partial charge on any atom is -0.315 e. The highest BCUT2D eigenvalue weighted by Crippen LogP contribution is 2.23. The Morgan fingerprint density at radius 3 is 2.94 bits per heavy atom. The van der Waals surface area contributed by atoms with Crippen molar-refractivity contribution in [2.24, 2.45) is 0 Å². The molecule has 1 aliphatic rings. The van der Waals surface area contributed by atoms with Gasteiger partial charge in [-0.2, -0.15) is 0 Å². The van der Waals surface area contributed by atoms with Crippen molar-refractivity contribution in [3.63, 3.8) is 0 Å². The molecule has 0 spiro atoms. The topological polar surface area (TPSA) is 15.3 Å².